The first-order valence-electron chi connectivity index (χ1n) is 6.74. The van der Waals surface area contributed by atoms with Crippen molar-refractivity contribution in [2.45, 2.75) is 39.5 Å². The number of carboxylic acid groups (broad SMARTS) is 1. The van der Waals surface area contributed by atoms with Gasteiger partial charge in [-0.05, 0) is 35.3 Å². The number of carbonyl (C=O) groups is 1. The summed E-state index contributed by atoms with van der Waals surface area (Å²) < 4.78 is 27.4. The van der Waals surface area contributed by atoms with E-state index in [0.717, 1.165) is 0 Å². The standard InChI is InChI=1S/C14H19BrF2N2O2/c1-4-14(16,17)6-7-19(5-2)12-11(13(20)21)9(3)10(15)8-18-12/h8H,4-7H2,1-3H3,(H,20,21). The monoisotopic (exact) mass is 364 g/mol. The van der Waals surface area contributed by atoms with Crippen molar-refractivity contribution in [1.82, 2.24) is 4.98 Å². The first kappa shape index (κ1) is 17.8. The Hall–Kier alpha value is -1.24. The quantitative estimate of drug-likeness (QED) is 0.790. The number of hydrogen-bond donors (Lipinski definition) is 1. The number of rotatable bonds is 7. The van der Waals surface area contributed by atoms with Crippen molar-refractivity contribution >= 4 is 27.7 Å². The molecule has 0 radical (unpaired) electrons. The molecule has 1 N–H and O–H groups in total. The van der Waals surface area contributed by atoms with Crippen molar-refractivity contribution in [3.05, 3.63) is 21.8 Å². The number of halogens is 3. The molecule has 0 spiro atoms. The molecule has 0 aliphatic heterocycles. The smallest absolute Gasteiger partial charge is 0.339 e. The van der Waals surface area contributed by atoms with E-state index in [0.29, 0.717) is 16.6 Å². The van der Waals surface area contributed by atoms with Gasteiger partial charge in [-0.1, -0.05) is 6.92 Å². The van der Waals surface area contributed by atoms with E-state index in [-0.39, 0.29) is 30.8 Å². The van der Waals surface area contributed by atoms with Crippen LogP contribution >= 0.6 is 15.9 Å². The average molecular weight is 365 g/mol. The highest BCUT2D eigenvalue weighted by Gasteiger charge is 2.28. The lowest BCUT2D eigenvalue weighted by molar-refractivity contribution is -0.00921. The molecule has 0 fully saturated rings. The Morgan fingerprint density at radius 2 is 2.10 bits per heavy atom. The molecule has 0 atom stereocenters. The average Bonchev–Trinajstić information content (AvgIpc) is 2.42. The Morgan fingerprint density at radius 3 is 2.57 bits per heavy atom. The van der Waals surface area contributed by atoms with Gasteiger partial charge in [-0.3, -0.25) is 0 Å². The lowest BCUT2D eigenvalue weighted by atomic mass is 10.1. The summed E-state index contributed by atoms with van der Waals surface area (Å²) >= 11 is 3.24. The molecule has 0 amide bonds. The van der Waals surface area contributed by atoms with Crippen LogP contribution in [-0.4, -0.2) is 35.1 Å². The van der Waals surface area contributed by atoms with Crippen LogP contribution in [0.15, 0.2) is 10.7 Å². The second-order valence-electron chi connectivity index (χ2n) is 4.77. The van der Waals surface area contributed by atoms with E-state index in [1.807, 2.05) is 0 Å². The van der Waals surface area contributed by atoms with Crippen molar-refractivity contribution in [3.8, 4) is 0 Å². The molecule has 4 nitrogen and oxygen atoms in total. The Labute approximate surface area is 131 Å². The first-order chi connectivity index (χ1) is 9.73. The fourth-order valence-electron chi connectivity index (χ4n) is 1.95. The largest absolute Gasteiger partial charge is 0.478 e. The lowest BCUT2D eigenvalue weighted by Crippen LogP contribution is -2.31. The maximum absolute atomic E-state index is 13.4. The van der Waals surface area contributed by atoms with E-state index >= 15 is 0 Å². The minimum absolute atomic E-state index is 0.0473. The molecule has 1 heterocycles. The van der Waals surface area contributed by atoms with Gasteiger partial charge in [0.25, 0.3) is 0 Å². The molecule has 1 rings (SSSR count). The minimum Gasteiger partial charge on any atom is -0.478 e. The van der Waals surface area contributed by atoms with Gasteiger partial charge >= 0.3 is 5.97 Å². The van der Waals surface area contributed by atoms with E-state index < -0.39 is 11.9 Å². The predicted octanol–water partition coefficient (Wildman–Crippen LogP) is 4.11. The summed E-state index contributed by atoms with van der Waals surface area (Å²) in [4.78, 5) is 17.1. The molecule has 0 aliphatic rings. The zero-order chi connectivity index (χ0) is 16.2. The van der Waals surface area contributed by atoms with Crippen LogP contribution in [0.2, 0.25) is 0 Å². The molecule has 0 bridgehead atoms. The van der Waals surface area contributed by atoms with Crippen LogP contribution in [0, 0.1) is 6.92 Å². The zero-order valence-electron chi connectivity index (χ0n) is 12.3. The molecule has 0 aromatic carbocycles. The van der Waals surface area contributed by atoms with Crippen LogP contribution in [0.3, 0.4) is 0 Å². The van der Waals surface area contributed by atoms with Gasteiger partial charge in [0, 0.05) is 36.6 Å². The first-order valence-corrected chi connectivity index (χ1v) is 7.54. The SMILES string of the molecule is CCN(CCC(F)(F)CC)c1ncc(Br)c(C)c1C(=O)O. The van der Waals surface area contributed by atoms with Gasteiger partial charge in [0.15, 0.2) is 0 Å². The fraction of sp³-hybridized carbons (Fsp3) is 0.571. The molecular weight excluding hydrogens is 346 g/mol. The van der Waals surface area contributed by atoms with Crippen LogP contribution in [0.5, 0.6) is 0 Å². The maximum atomic E-state index is 13.4. The summed E-state index contributed by atoms with van der Waals surface area (Å²) in [5.74, 6) is -3.63. The van der Waals surface area contributed by atoms with Crippen molar-refractivity contribution in [3.63, 3.8) is 0 Å². The maximum Gasteiger partial charge on any atom is 0.339 e. The second kappa shape index (κ2) is 7.15. The van der Waals surface area contributed by atoms with Crippen LogP contribution in [0.25, 0.3) is 0 Å². The summed E-state index contributed by atoms with van der Waals surface area (Å²) in [5.41, 5.74) is 0.583. The molecule has 7 heteroatoms. The van der Waals surface area contributed by atoms with Gasteiger partial charge < -0.3 is 10.0 Å². The Kier molecular flexibility index (Phi) is 6.07. The van der Waals surface area contributed by atoms with E-state index in [1.54, 1.807) is 18.7 Å². The summed E-state index contributed by atoms with van der Waals surface area (Å²) in [7, 11) is 0. The summed E-state index contributed by atoms with van der Waals surface area (Å²) in [6.45, 7) is 5.35. The molecule has 0 saturated carbocycles. The Bertz CT molecular complexity index is 524. The Morgan fingerprint density at radius 1 is 1.48 bits per heavy atom. The van der Waals surface area contributed by atoms with Crippen molar-refractivity contribution in [1.29, 1.82) is 0 Å². The van der Waals surface area contributed by atoms with Crippen molar-refractivity contribution in [2.24, 2.45) is 0 Å². The molecule has 118 valence electrons. The van der Waals surface area contributed by atoms with Gasteiger partial charge in [0.05, 0.1) is 0 Å². The number of anilines is 1. The van der Waals surface area contributed by atoms with Crippen LogP contribution < -0.4 is 4.90 Å². The Balaban J connectivity index is 3.12. The molecule has 0 aliphatic carbocycles. The third-order valence-electron chi connectivity index (χ3n) is 3.42. The van der Waals surface area contributed by atoms with Crippen molar-refractivity contribution in [2.75, 3.05) is 18.0 Å². The topological polar surface area (TPSA) is 53.4 Å². The number of nitrogens with zero attached hydrogens (tertiary/aromatic N) is 2. The lowest BCUT2D eigenvalue weighted by Gasteiger charge is -2.26. The number of aromatic nitrogens is 1. The summed E-state index contributed by atoms with van der Waals surface area (Å²) in [5, 5.41) is 9.35. The van der Waals surface area contributed by atoms with Gasteiger partial charge in [-0.2, -0.15) is 0 Å². The minimum atomic E-state index is -2.75. The highest BCUT2D eigenvalue weighted by Crippen LogP contribution is 2.29. The zero-order valence-corrected chi connectivity index (χ0v) is 13.9. The summed E-state index contributed by atoms with van der Waals surface area (Å²) in [6, 6.07) is 0. The number of hydrogen-bond acceptors (Lipinski definition) is 3. The fourth-order valence-corrected chi connectivity index (χ4v) is 2.25. The van der Waals surface area contributed by atoms with Gasteiger partial charge in [-0.25, -0.2) is 18.6 Å². The van der Waals surface area contributed by atoms with Gasteiger partial charge in [0.2, 0.25) is 5.92 Å². The van der Waals surface area contributed by atoms with E-state index in [2.05, 4.69) is 20.9 Å². The number of alkyl halides is 2. The third-order valence-corrected chi connectivity index (χ3v) is 4.22. The molecule has 21 heavy (non-hydrogen) atoms. The summed E-state index contributed by atoms with van der Waals surface area (Å²) in [6.07, 6.45) is 0.939. The normalized spacial score (nSPS) is 11.5. The molecule has 0 saturated heterocycles. The molecular formula is C14H19BrF2N2O2. The van der Waals surface area contributed by atoms with Crippen molar-refractivity contribution < 1.29 is 18.7 Å². The van der Waals surface area contributed by atoms with Gasteiger partial charge in [-0.15, -0.1) is 0 Å². The van der Waals surface area contributed by atoms with E-state index in [9.17, 15) is 18.7 Å². The molecule has 1 aromatic heterocycles. The predicted molar refractivity (Wildman–Crippen MR) is 81.4 cm³/mol. The third kappa shape index (κ3) is 4.36. The highest BCUT2D eigenvalue weighted by molar-refractivity contribution is 9.10. The van der Waals surface area contributed by atoms with Crippen LogP contribution in [0.1, 0.15) is 42.6 Å². The van der Waals surface area contributed by atoms with E-state index in [1.165, 1.54) is 13.1 Å². The molecule has 1 aromatic rings. The van der Waals surface area contributed by atoms with Gasteiger partial charge in [0.1, 0.15) is 11.4 Å². The van der Waals surface area contributed by atoms with E-state index in [4.69, 9.17) is 0 Å². The number of aromatic carboxylic acids is 1. The van der Waals surface area contributed by atoms with Crippen LogP contribution in [-0.2, 0) is 0 Å². The number of pyridine rings is 1. The second-order valence-corrected chi connectivity index (χ2v) is 5.63. The molecule has 0 unspecified atom stereocenters. The number of carboxylic acids is 1. The van der Waals surface area contributed by atoms with Crippen LogP contribution in [0.4, 0.5) is 14.6 Å². The highest BCUT2D eigenvalue weighted by atomic mass is 79.9.